The van der Waals surface area contributed by atoms with E-state index in [-0.39, 0.29) is 31.1 Å². The zero-order valence-corrected chi connectivity index (χ0v) is 47.9. The van der Waals surface area contributed by atoms with E-state index >= 15 is 0 Å². The molecule has 0 bridgehead atoms. The predicted molar refractivity (Wildman–Crippen MR) is 316 cm³/mol. The molecule has 0 saturated carbocycles. The van der Waals surface area contributed by atoms with E-state index in [1.165, 1.54) is 135 Å². The van der Waals surface area contributed by atoms with Crippen molar-refractivity contribution in [2.45, 2.75) is 297 Å². The molecule has 0 rings (SSSR count). The lowest BCUT2D eigenvalue weighted by Crippen LogP contribution is -2.30. The summed E-state index contributed by atoms with van der Waals surface area (Å²) in [6.07, 6.45) is 81.6. The van der Waals surface area contributed by atoms with Crippen molar-refractivity contribution in [1.29, 1.82) is 0 Å². The van der Waals surface area contributed by atoms with Crippen molar-refractivity contribution < 1.29 is 28.6 Å². The van der Waals surface area contributed by atoms with Crippen molar-refractivity contribution in [2.75, 3.05) is 13.2 Å². The van der Waals surface area contributed by atoms with Gasteiger partial charge in [0.05, 0.1) is 0 Å². The van der Waals surface area contributed by atoms with Gasteiger partial charge < -0.3 is 14.2 Å². The third kappa shape index (κ3) is 59.1. The SMILES string of the molecule is CC/C=C\C/C=C\C/C=C\C/C=C\C/C=C\C/C=C\C/C=C\CCCCCCCCCCCCCCCC(=O)OCC(COC(=O)CCCCCCCCC)OC(=O)CCCCCCC/C=C\CCCCCC. The normalized spacial score (nSPS) is 12.8. The lowest BCUT2D eigenvalue weighted by atomic mass is 10.0. The zero-order valence-electron chi connectivity index (χ0n) is 47.9. The molecule has 0 radical (unpaired) electrons. The molecule has 0 amide bonds. The van der Waals surface area contributed by atoms with Crippen LogP contribution in [0.25, 0.3) is 0 Å². The molecule has 0 N–H and O–H groups in total. The van der Waals surface area contributed by atoms with E-state index in [2.05, 4.69) is 118 Å². The molecular formula is C67H114O6. The highest BCUT2D eigenvalue weighted by Crippen LogP contribution is 2.16. The smallest absolute Gasteiger partial charge is 0.306 e. The summed E-state index contributed by atoms with van der Waals surface area (Å²) in [5.74, 6) is -0.889. The Balaban J connectivity index is 4.02. The van der Waals surface area contributed by atoms with Crippen LogP contribution < -0.4 is 0 Å². The van der Waals surface area contributed by atoms with Crippen LogP contribution in [0, 0.1) is 0 Å². The maximum atomic E-state index is 12.8. The number of allylic oxidation sites excluding steroid dienone is 16. The summed E-state index contributed by atoms with van der Waals surface area (Å²) in [7, 11) is 0. The van der Waals surface area contributed by atoms with Crippen LogP contribution in [0.15, 0.2) is 97.2 Å². The molecule has 0 aromatic heterocycles. The summed E-state index contributed by atoms with van der Waals surface area (Å²) in [5, 5.41) is 0. The van der Waals surface area contributed by atoms with Crippen LogP contribution in [0.3, 0.4) is 0 Å². The van der Waals surface area contributed by atoms with Gasteiger partial charge in [0.25, 0.3) is 0 Å². The second-order valence-electron chi connectivity index (χ2n) is 20.2. The second-order valence-corrected chi connectivity index (χ2v) is 20.2. The van der Waals surface area contributed by atoms with Gasteiger partial charge in [0.15, 0.2) is 6.10 Å². The van der Waals surface area contributed by atoms with Gasteiger partial charge in [-0.05, 0) is 103 Å². The Kier molecular flexibility index (Phi) is 57.8. The van der Waals surface area contributed by atoms with Gasteiger partial charge in [0.1, 0.15) is 13.2 Å². The van der Waals surface area contributed by atoms with E-state index in [0.717, 1.165) is 116 Å². The molecule has 0 spiro atoms. The average Bonchev–Trinajstić information content (AvgIpc) is 3.39. The molecule has 0 aliphatic carbocycles. The first-order valence-electron chi connectivity index (χ1n) is 30.7. The number of unbranched alkanes of at least 4 members (excludes halogenated alkanes) is 28. The summed E-state index contributed by atoms with van der Waals surface area (Å²) in [4.78, 5) is 37.9. The Morgan fingerprint density at radius 1 is 0.288 bits per heavy atom. The molecule has 0 aromatic rings. The maximum absolute atomic E-state index is 12.8. The van der Waals surface area contributed by atoms with Crippen molar-refractivity contribution in [1.82, 2.24) is 0 Å². The molecular weight excluding hydrogens is 901 g/mol. The molecule has 0 aromatic carbocycles. The molecule has 0 aliphatic heterocycles. The van der Waals surface area contributed by atoms with Crippen LogP contribution >= 0.6 is 0 Å². The highest BCUT2D eigenvalue weighted by molar-refractivity contribution is 5.71. The van der Waals surface area contributed by atoms with Gasteiger partial charge in [-0.25, -0.2) is 0 Å². The molecule has 6 nitrogen and oxygen atoms in total. The first-order valence-corrected chi connectivity index (χ1v) is 30.7. The largest absolute Gasteiger partial charge is 0.462 e. The lowest BCUT2D eigenvalue weighted by Gasteiger charge is -2.18. The van der Waals surface area contributed by atoms with Gasteiger partial charge in [0, 0.05) is 19.3 Å². The lowest BCUT2D eigenvalue weighted by molar-refractivity contribution is -0.167. The topological polar surface area (TPSA) is 78.9 Å². The van der Waals surface area contributed by atoms with Crippen molar-refractivity contribution in [2.24, 2.45) is 0 Å². The highest BCUT2D eigenvalue weighted by Gasteiger charge is 2.19. The van der Waals surface area contributed by atoms with Gasteiger partial charge in [-0.15, -0.1) is 0 Å². The highest BCUT2D eigenvalue weighted by atomic mass is 16.6. The van der Waals surface area contributed by atoms with Crippen molar-refractivity contribution >= 4 is 17.9 Å². The minimum Gasteiger partial charge on any atom is -0.462 e. The minimum absolute atomic E-state index is 0.0778. The third-order valence-electron chi connectivity index (χ3n) is 13.1. The van der Waals surface area contributed by atoms with Crippen LogP contribution in [-0.2, 0) is 28.6 Å². The summed E-state index contributed by atoms with van der Waals surface area (Å²) in [6.45, 7) is 6.47. The molecule has 0 saturated heterocycles. The Labute approximate surface area is 451 Å². The summed E-state index contributed by atoms with van der Waals surface area (Å²) in [6, 6.07) is 0. The van der Waals surface area contributed by atoms with E-state index in [0.29, 0.717) is 19.3 Å². The van der Waals surface area contributed by atoms with Gasteiger partial charge in [-0.3, -0.25) is 14.4 Å². The molecule has 1 atom stereocenters. The first kappa shape index (κ1) is 69.3. The quantitative estimate of drug-likeness (QED) is 0.0261. The monoisotopic (exact) mass is 1010 g/mol. The second kappa shape index (κ2) is 60.9. The number of ether oxygens (including phenoxy) is 3. The zero-order chi connectivity index (χ0) is 52.9. The number of carbonyl (C=O) groups excluding carboxylic acids is 3. The Bertz CT molecular complexity index is 1440. The summed E-state index contributed by atoms with van der Waals surface area (Å²) >= 11 is 0. The molecule has 0 fully saturated rings. The number of hydrogen-bond acceptors (Lipinski definition) is 6. The van der Waals surface area contributed by atoms with Crippen molar-refractivity contribution in [3.05, 3.63) is 97.2 Å². The van der Waals surface area contributed by atoms with Crippen LogP contribution in [0.5, 0.6) is 0 Å². The fourth-order valence-corrected chi connectivity index (χ4v) is 8.48. The van der Waals surface area contributed by atoms with E-state index < -0.39 is 6.10 Å². The fourth-order valence-electron chi connectivity index (χ4n) is 8.48. The third-order valence-corrected chi connectivity index (χ3v) is 13.1. The predicted octanol–water partition coefficient (Wildman–Crippen LogP) is 20.9. The van der Waals surface area contributed by atoms with Crippen LogP contribution in [0.4, 0.5) is 0 Å². The average molecular weight is 1020 g/mol. The molecule has 0 aliphatic rings. The van der Waals surface area contributed by atoms with Crippen LogP contribution in [0.1, 0.15) is 290 Å². The molecule has 1 unspecified atom stereocenters. The molecule has 6 heteroatoms. The maximum Gasteiger partial charge on any atom is 0.306 e. The Morgan fingerprint density at radius 3 is 0.863 bits per heavy atom. The first-order chi connectivity index (χ1) is 36.0. The Hall–Kier alpha value is -3.67. The van der Waals surface area contributed by atoms with E-state index in [9.17, 15) is 14.4 Å². The number of hydrogen-bond donors (Lipinski definition) is 0. The van der Waals surface area contributed by atoms with E-state index in [4.69, 9.17) is 14.2 Å². The van der Waals surface area contributed by atoms with Crippen molar-refractivity contribution in [3.8, 4) is 0 Å². The van der Waals surface area contributed by atoms with E-state index in [1.807, 2.05) is 0 Å². The number of rotatable bonds is 55. The van der Waals surface area contributed by atoms with Gasteiger partial charge in [-0.2, -0.15) is 0 Å². The standard InChI is InChI=1S/C67H114O6/c1-4-7-10-13-16-18-20-22-23-24-25-26-27-28-29-30-31-32-33-34-35-36-37-38-39-40-41-42-43-45-46-48-51-54-57-60-66(69)72-63-64(62-71-65(68)59-56-53-50-15-12-9-6-3)73-67(70)61-58-55-52-49-47-44-21-19-17-14-11-8-5-2/h7,10,16,18-19,21-23,25-26,28-29,31-32,34-35,64H,4-6,8-9,11-15,17,20,24,27,30,33,36-63H2,1-3H3/b10-7-,18-16-,21-19-,23-22-,26-25-,29-28-,32-31-,35-34-. The van der Waals surface area contributed by atoms with Gasteiger partial charge >= 0.3 is 17.9 Å². The van der Waals surface area contributed by atoms with Gasteiger partial charge in [0.2, 0.25) is 0 Å². The molecule has 0 heterocycles. The van der Waals surface area contributed by atoms with Crippen molar-refractivity contribution in [3.63, 3.8) is 0 Å². The summed E-state index contributed by atoms with van der Waals surface area (Å²) < 4.78 is 16.8. The molecule has 73 heavy (non-hydrogen) atoms. The molecule has 418 valence electrons. The minimum atomic E-state index is -0.777. The fraction of sp³-hybridized carbons (Fsp3) is 0.716. The van der Waals surface area contributed by atoms with Crippen LogP contribution in [-0.4, -0.2) is 37.2 Å². The van der Waals surface area contributed by atoms with E-state index in [1.54, 1.807) is 0 Å². The number of carbonyl (C=O) groups is 3. The van der Waals surface area contributed by atoms with Gasteiger partial charge in [-0.1, -0.05) is 266 Å². The Morgan fingerprint density at radius 2 is 0.534 bits per heavy atom. The number of esters is 3. The summed E-state index contributed by atoms with van der Waals surface area (Å²) in [5.41, 5.74) is 0. The van der Waals surface area contributed by atoms with Crippen LogP contribution in [0.2, 0.25) is 0 Å².